The lowest BCUT2D eigenvalue weighted by atomic mass is 10.0. The van der Waals surface area contributed by atoms with Crippen molar-refractivity contribution in [2.24, 2.45) is 0 Å². The molecule has 0 aliphatic rings. The molecular weight excluding hydrogens is 262 g/mol. The third kappa shape index (κ3) is 8.57. The molecule has 0 atom stereocenters. The Kier molecular flexibility index (Phi) is 8.12. The molecule has 19 heavy (non-hydrogen) atoms. The summed E-state index contributed by atoms with van der Waals surface area (Å²) in [5.74, 6) is 0. The van der Waals surface area contributed by atoms with Crippen LogP contribution in [0.4, 0.5) is 0 Å². The minimum atomic E-state index is -3.39. The molecule has 6 heteroatoms. The van der Waals surface area contributed by atoms with Crippen LogP contribution in [0, 0.1) is 0 Å². The SMILES string of the molecule is CCCC(C)(C)NS(=O)(=O)N(C)CCCNC(C)C. The summed E-state index contributed by atoms with van der Waals surface area (Å²) in [5.41, 5.74) is -0.391. The van der Waals surface area contributed by atoms with Crippen LogP contribution < -0.4 is 10.0 Å². The first-order valence-corrected chi connectivity index (χ1v) is 8.53. The molecule has 116 valence electrons. The summed E-state index contributed by atoms with van der Waals surface area (Å²) in [5, 5.41) is 3.28. The Hall–Kier alpha value is -0.170. The lowest BCUT2D eigenvalue weighted by molar-refractivity contribution is 0.383. The van der Waals surface area contributed by atoms with Gasteiger partial charge in [-0.3, -0.25) is 0 Å². The molecule has 0 bridgehead atoms. The van der Waals surface area contributed by atoms with Gasteiger partial charge in [-0.15, -0.1) is 0 Å². The molecule has 2 N–H and O–H groups in total. The summed E-state index contributed by atoms with van der Waals surface area (Å²) >= 11 is 0. The fourth-order valence-electron chi connectivity index (χ4n) is 1.92. The van der Waals surface area contributed by atoms with E-state index in [4.69, 9.17) is 0 Å². The Morgan fingerprint density at radius 2 is 1.84 bits per heavy atom. The van der Waals surface area contributed by atoms with Crippen molar-refractivity contribution in [1.82, 2.24) is 14.3 Å². The van der Waals surface area contributed by atoms with Crippen molar-refractivity contribution < 1.29 is 8.42 Å². The summed E-state index contributed by atoms with van der Waals surface area (Å²) in [6.45, 7) is 11.4. The lowest BCUT2D eigenvalue weighted by Crippen LogP contribution is -2.49. The Labute approximate surface area is 119 Å². The fraction of sp³-hybridized carbons (Fsp3) is 1.00. The molecule has 0 spiro atoms. The first-order chi connectivity index (χ1) is 8.60. The highest BCUT2D eigenvalue weighted by Crippen LogP contribution is 2.13. The van der Waals surface area contributed by atoms with E-state index in [-0.39, 0.29) is 0 Å². The molecule has 0 amide bonds. The Morgan fingerprint density at radius 3 is 2.32 bits per heavy atom. The third-order valence-corrected chi connectivity index (χ3v) is 4.71. The first kappa shape index (κ1) is 18.8. The van der Waals surface area contributed by atoms with Gasteiger partial charge in [0.2, 0.25) is 0 Å². The molecule has 0 aliphatic heterocycles. The molecule has 0 saturated heterocycles. The van der Waals surface area contributed by atoms with Gasteiger partial charge >= 0.3 is 0 Å². The standard InChI is InChI=1S/C13H31N3O2S/c1-7-9-13(4,5)15-19(17,18)16(6)11-8-10-14-12(2)3/h12,14-15H,7-11H2,1-6H3. The van der Waals surface area contributed by atoms with E-state index in [9.17, 15) is 8.42 Å². The maximum absolute atomic E-state index is 12.1. The van der Waals surface area contributed by atoms with Gasteiger partial charge in [0.15, 0.2) is 0 Å². The third-order valence-electron chi connectivity index (χ3n) is 2.89. The molecule has 0 rings (SSSR count). The van der Waals surface area contributed by atoms with Crippen LogP contribution in [0.15, 0.2) is 0 Å². The van der Waals surface area contributed by atoms with Gasteiger partial charge < -0.3 is 5.32 Å². The second kappa shape index (κ2) is 8.19. The topological polar surface area (TPSA) is 61.4 Å². The maximum atomic E-state index is 12.1. The molecule has 0 heterocycles. The van der Waals surface area contributed by atoms with Gasteiger partial charge in [0, 0.05) is 25.2 Å². The molecule has 0 unspecified atom stereocenters. The van der Waals surface area contributed by atoms with Crippen LogP contribution in [-0.2, 0) is 10.2 Å². The summed E-state index contributed by atoms with van der Waals surface area (Å²) in [6.07, 6.45) is 2.59. The van der Waals surface area contributed by atoms with Crippen molar-refractivity contribution in [3.05, 3.63) is 0 Å². The van der Waals surface area contributed by atoms with Crippen LogP contribution in [0.25, 0.3) is 0 Å². The normalized spacial score (nSPS) is 13.5. The summed E-state index contributed by atoms with van der Waals surface area (Å²) in [7, 11) is -1.76. The molecule has 0 aromatic heterocycles. The molecule has 5 nitrogen and oxygen atoms in total. The maximum Gasteiger partial charge on any atom is 0.279 e. The van der Waals surface area contributed by atoms with Crippen LogP contribution in [0.1, 0.15) is 53.9 Å². The zero-order valence-corrected chi connectivity index (χ0v) is 14.1. The van der Waals surface area contributed by atoms with E-state index >= 15 is 0 Å². The minimum absolute atomic E-state index is 0.391. The van der Waals surface area contributed by atoms with Gasteiger partial charge in [-0.1, -0.05) is 27.2 Å². The van der Waals surface area contributed by atoms with Crippen LogP contribution in [0.5, 0.6) is 0 Å². The van der Waals surface area contributed by atoms with E-state index in [0.717, 1.165) is 25.8 Å². The molecule has 0 saturated carbocycles. The predicted octanol–water partition coefficient (Wildman–Crippen LogP) is 1.72. The van der Waals surface area contributed by atoms with Gasteiger partial charge in [-0.2, -0.15) is 17.4 Å². The predicted molar refractivity (Wildman–Crippen MR) is 81.4 cm³/mol. The smallest absolute Gasteiger partial charge is 0.279 e. The van der Waals surface area contributed by atoms with Crippen molar-refractivity contribution in [3.63, 3.8) is 0 Å². The first-order valence-electron chi connectivity index (χ1n) is 7.09. The summed E-state index contributed by atoms with van der Waals surface area (Å²) < 4.78 is 28.4. The van der Waals surface area contributed by atoms with E-state index in [1.165, 1.54) is 4.31 Å². The van der Waals surface area contributed by atoms with Crippen LogP contribution in [0.3, 0.4) is 0 Å². The Morgan fingerprint density at radius 1 is 1.26 bits per heavy atom. The van der Waals surface area contributed by atoms with E-state index in [0.29, 0.717) is 12.6 Å². The second-order valence-electron chi connectivity index (χ2n) is 6.02. The van der Waals surface area contributed by atoms with Crippen LogP contribution in [-0.4, -0.2) is 44.4 Å². The van der Waals surface area contributed by atoms with Gasteiger partial charge in [0.1, 0.15) is 0 Å². The highest BCUT2D eigenvalue weighted by molar-refractivity contribution is 7.87. The van der Waals surface area contributed by atoms with Crippen molar-refractivity contribution in [2.75, 3.05) is 20.1 Å². The minimum Gasteiger partial charge on any atom is -0.314 e. The average molecular weight is 293 g/mol. The van der Waals surface area contributed by atoms with E-state index in [1.54, 1.807) is 7.05 Å². The summed E-state index contributed by atoms with van der Waals surface area (Å²) in [6, 6.07) is 0.434. The molecule has 0 radical (unpaired) electrons. The Balaban J connectivity index is 4.25. The quantitative estimate of drug-likeness (QED) is 0.603. The van der Waals surface area contributed by atoms with Crippen molar-refractivity contribution in [2.45, 2.75) is 65.5 Å². The van der Waals surface area contributed by atoms with Crippen molar-refractivity contribution in [3.8, 4) is 0 Å². The van der Waals surface area contributed by atoms with E-state index in [1.807, 2.05) is 13.8 Å². The van der Waals surface area contributed by atoms with Crippen molar-refractivity contribution in [1.29, 1.82) is 0 Å². The monoisotopic (exact) mass is 293 g/mol. The van der Waals surface area contributed by atoms with Gasteiger partial charge in [0.05, 0.1) is 0 Å². The largest absolute Gasteiger partial charge is 0.314 e. The summed E-state index contributed by atoms with van der Waals surface area (Å²) in [4.78, 5) is 0. The van der Waals surface area contributed by atoms with Gasteiger partial charge in [-0.25, -0.2) is 0 Å². The lowest BCUT2D eigenvalue weighted by Gasteiger charge is -2.28. The second-order valence-corrected chi connectivity index (χ2v) is 7.80. The number of hydrogen-bond donors (Lipinski definition) is 2. The zero-order chi connectivity index (χ0) is 15.1. The highest BCUT2D eigenvalue weighted by atomic mass is 32.2. The van der Waals surface area contributed by atoms with Crippen LogP contribution >= 0.6 is 0 Å². The zero-order valence-electron chi connectivity index (χ0n) is 13.3. The number of hydrogen-bond acceptors (Lipinski definition) is 3. The number of rotatable bonds is 10. The highest BCUT2D eigenvalue weighted by Gasteiger charge is 2.26. The average Bonchev–Trinajstić information content (AvgIpc) is 2.21. The van der Waals surface area contributed by atoms with Crippen molar-refractivity contribution >= 4 is 10.2 Å². The molecule has 0 aromatic carbocycles. The Bertz CT molecular complexity index is 340. The fourth-order valence-corrected chi connectivity index (χ4v) is 3.24. The van der Waals surface area contributed by atoms with E-state index in [2.05, 4.69) is 30.8 Å². The number of nitrogens with zero attached hydrogens (tertiary/aromatic N) is 1. The van der Waals surface area contributed by atoms with Gasteiger partial charge in [0.25, 0.3) is 10.2 Å². The molecule has 0 aromatic rings. The molecule has 0 fully saturated rings. The van der Waals surface area contributed by atoms with Crippen LogP contribution in [0.2, 0.25) is 0 Å². The van der Waals surface area contributed by atoms with Gasteiger partial charge in [-0.05, 0) is 33.2 Å². The van der Waals surface area contributed by atoms with E-state index < -0.39 is 15.7 Å². The molecule has 0 aliphatic carbocycles. The number of nitrogens with one attached hydrogen (secondary N) is 2. The molecular formula is C13H31N3O2S.